The molecular formula is C14H29N3O2. The van der Waals surface area contributed by atoms with Crippen molar-refractivity contribution in [1.29, 1.82) is 0 Å². The fraction of sp³-hybridized carbons (Fsp3) is 0.929. The smallest absolute Gasteiger partial charge is 0.234 e. The second-order valence-electron chi connectivity index (χ2n) is 5.62. The highest BCUT2D eigenvalue weighted by molar-refractivity contribution is 5.78. The molecule has 0 radical (unpaired) electrons. The van der Waals surface area contributed by atoms with Gasteiger partial charge in [0.1, 0.15) is 0 Å². The van der Waals surface area contributed by atoms with E-state index in [0.29, 0.717) is 13.2 Å². The SMILES string of the molecule is CC(C)NC(=O)CN1CCN(CCCCCO)CC1. The van der Waals surface area contributed by atoms with Gasteiger partial charge in [0, 0.05) is 38.8 Å². The lowest BCUT2D eigenvalue weighted by molar-refractivity contribution is -0.123. The van der Waals surface area contributed by atoms with E-state index < -0.39 is 0 Å². The molecule has 1 fully saturated rings. The van der Waals surface area contributed by atoms with Gasteiger partial charge in [-0.1, -0.05) is 0 Å². The minimum atomic E-state index is 0.131. The number of piperazine rings is 1. The normalized spacial score (nSPS) is 17.9. The summed E-state index contributed by atoms with van der Waals surface area (Å²) < 4.78 is 0. The summed E-state index contributed by atoms with van der Waals surface area (Å²) in [6, 6.07) is 0.223. The number of carbonyl (C=O) groups excluding carboxylic acids is 1. The third kappa shape index (κ3) is 7.50. The summed E-state index contributed by atoms with van der Waals surface area (Å²) in [6.07, 6.45) is 3.18. The van der Waals surface area contributed by atoms with Crippen LogP contribution in [0.2, 0.25) is 0 Å². The first-order valence-corrected chi connectivity index (χ1v) is 7.46. The Morgan fingerprint density at radius 3 is 2.32 bits per heavy atom. The van der Waals surface area contributed by atoms with Crippen LogP contribution in [0.3, 0.4) is 0 Å². The molecule has 1 amide bonds. The van der Waals surface area contributed by atoms with Gasteiger partial charge in [-0.15, -0.1) is 0 Å². The second kappa shape index (κ2) is 9.28. The van der Waals surface area contributed by atoms with E-state index in [0.717, 1.165) is 52.0 Å². The predicted molar refractivity (Wildman–Crippen MR) is 77.1 cm³/mol. The summed E-state index contributed by atoms with van der Waals surface area (Å²) in [5.41, 5.74) is 0. The van der Waals surface area contributed by atoms with Crippen LogP contribution < -0.4 is 5.32 Å². The molecule has 0 saturated carbocycles. The zero-order valence-corrected chi connectivity index (χ0v) is 12.4. The number of carbonyl (C=O) groups is 1. The van der Waals surface area contributed by atoms with Gasteiger partial charge in [0.25, 0.3) is 0 Å². The lowest BCUT2D eigenvalue weighted by atomic mass is 10.2. The zero-order chi connectivity index (χ0) is 14.1. The van der Waals surface area contributed by atoms with E-state index in [9.17, 15) is 4.79 Å². The number of hydrogen-bond donors (Lipinski definition) is 2. The topological polar surface area (TPSA) is 55.8 Å². The van der Waals surface area contributed by atoms with Gasteiger partial charge in [0.15, 0.2) is 0 Å². The maximum absolute atomic E-state index is 11.7. The molecule has 2 N–H and O–H groups in total. The van der Waals surface area contributed by atoms with E-state index in [1.54, 1.807) is 0 Å². The number of rotatable bonds is 8. The van der Waals surface area contributed by atoms with Crippen LogP contribution in [-0.4, -0.2) is 72.7 Å². The largest absolute Gasteiger partial charge is 0.396 e. The summed E-state index contributed by atoms with van der Waals surface area (Å²) >= 11 is 0. The van der Waals surface area contributed by atoms with Crippen LogP contribution in [0.25, 0.3) is 0 Å². The van der Waals surface area contributed by atoms with Crippen molar-refractivity contribution in [1.82, 2.24) is 15.1 Å². The average molecular weight is 271 g/mol. The number of unbranched alkanes of at least 4 members (excludes halogenated alkanes) is 2. The second-order valence-corrected chi connectivity index (χ2v) is 5.62. The molecule has 19 heavy (non-hydrogen) atoms. The fourth-order valence-electron chi connectivity index (χ4n) is 2.37. The van der Waals surface area contributed by atoms with Crippen molar-refractivity contribution in [3.05, 3.63) is 0 Å². The minimum absolute atomic E-state index is 0.131. The van der Waals surface area contributed by atoms with Crippen LogP contribution in [0.5, 0.6) is 0 Å². The van der Waals surface area contributed by atoms with Crippen molar-refractivity contribution in [2.75, 3.05) is 45.9 Å². The lowest BCUT2D eigenvalue weighted by Crippen LogP contribution is -2.50. The number of nitrogens with zero attached hydrogens (tertiary/aromatic N) is 2. The van der Waals surface area contributed by atoms with Crippen LogP contribution in [0.15, 0.2) is 0 Å². The Morgan fingerprint density at radius 2 is 1.74 bits per heavy atom. The molecule has 5 nitrogen and oxygen atoms in total. The number of nitrogens with one attached hydrogen (secondary N) is 1. The van der Waals surface area contributed by atoms with Gasteiger partial charge in [-0.05, 0) is 39.7 Å². The molecule has 1 saturated heterocycles. The third-order valence-corrected chi connectivity index (χ3v) is 3.41. The van der Waals surface area contributed by atoms with Crippen molar-refractivity contribution in [2.24, 2.45) is 0 Å². The van der Waals surface area contributed by atoms with Gasteiger partial charge in [0.05, 0.1) is 6.54 Å². The van der Waals surface area contributed by atoms with E-state index in [1.165, 1.54) is 0 Å². The Balaban J connectivity index is 2.09. The standard InChI is InChI=1S/C14H29N3O2/c1-13(2)15-14(19)12-17-9-7-16(8-10-17)6-4-3-5-11-18/h13,18H,3-12H2,1-2H3,(H,15,19). The average Bonchev–Trinajstić information content (AvgIpc) is 2.35. The molecule has 0 unspecified atom stereocenters. The van der Waals surface area contributed by atoms with Gasteiger partial charge in [-0.3, -0.25) is 9.69 Å². The molecule has 0 aromatic rings. The highest BCUT2D eigenvalue weighted by Gasteiger charge is 2.18. The van der Waals surface area contributed by atoms with Crippen molar-refractivity contribution in [3.63, 3.8) is 0 Å². The van der Waals surface area contributed by atoms with Gasteiger partial charge < -0.3 is 15.3 Å². The van der Waals surface area contributed by atoms with Crippen LogP contribution in [0, 0.1) is 0 Å². The number of hydrogen-bond acceptors (Lipinski definition) is 4. The van der Waals surface area contributed by atoms with Gasteiger partial charge in [0.2, 0.25) is 5.91 Å². The molecule has 0 aliphatic carbocycles. The quantitative estimate of drug-likeness (QED) is 0.623. The Bertz CT molecular complexity index is 251. The van der Waals surface area contributed by atoms with Gasteiger partial charge in [-0.25, -0.2) is 0 Å². The predicted octanol–water partition coefficient (Wildman–Crippen LogP) is 0.291. The summed E-state index contributed by atoms with van der Waals surface area (Å²) in [5.74, 6) is 0.131. The molecule has 1 aliphatic rings. The lowest BCUT2D eigenvalue weighted by Gasteiger charge is -2.34. The monoisotopic (exact) mass is 271 g/mol. The molecule has 1 heterocycles. The first kappa shape index (κ1) is 16.4. The highest BCUT2D eigenvalue weighted by Crippen LogP contribution is 2.04. The molecular weight excluding hydrogens is 242 g/mol. The van der Waals surface area contributed by atoms with E-state index in [-0.39, 0.29) is 11.9 Å². The van der Waals surface area contributed by atoms with Gasteiger partial charge >= 0.3 is 0 Å². The van der Waals surface area contributed by atoms with Crippen molar-refractivity contribution in [2.45, 2.75) is 39.2 Å². The summed E-state index contributed by atoms with van der Waals surface area (Å²) in [4.78, 5) is 16.3. The molecule has 0 bridgehead atoms. The zero-order valence-electron chi connectivity index (χ0n) is 12.4. The van der Waals surface area contributed by atoms with Gasteiger partial charge in [-0.2, -0.15) is 0 Å². The molecule has 5 heteroatoms. The summed E-state index contributed by atoms with van der Waals surface area (Å²) in [5, 5.41) is 11.7. The molecule has 0 aromatic heterocycles. The number of amides is 1. The van der Waals surface area contributed by atoms with Crippen LogP contribution in [0.4, 0.5) is 0 Å². The van der Waals surface area contributed by atoms with E-state index in [4.69, 9.17) is 5.11 Å². The van der Waals surface area contributed by atoms with Crippen molar-refractivity contribution in [3.8, 4) is 0 Å². The maximum atomic E-state index is 11.7. The van der Waals surface area contributed by atoms with Crippen LogP contribution >= 0.6 is 0 Å². The van der Waals surface area contributed by atoms with Crippen molar-refractivity contribution < 1.29 is 9.90 Å². The first-order chi connectivity index (χ1) is 9.11. The Labute approximate surface area is 117 Å². The number of aliphatic hydroxyl groups excluding tert-OH is 1. The third-order valence-electron chi connectivity index (χ3n) is 3.41. The summed E-state index contributed by atoms with van der Waals surface area (Å²) in [7, 11) is 0. The van der Waals surface area contributed by atoms with Crippen LogP contribution in [0.1, 0.15) is 33.1 Å². The Kier molecular flexibility index (Phi) is 8.02. The Hall–Kier alpha value is -0.650. The van der Waals surface area contributed by atoms with E-state index >= 15 is 0 Å². The minimum Gasteiger partial charge on any atom is -0.396 e. The van der Waals surface area contributed by atoms with Crippen molar-refractivity contribution >= 4 is 5.91 Å². The Morgan fingerprint density at radius 1 is 1.11 bits per heavy atom. The summed E-state index contributed by atoms with van der Waals surface area (Å²) in [6.45, 7) is 9.98. The first-order valence-electron chi connectivity index (χ1n) is 7.46. The highest BCUT2D eigenvalue weighted by atomic mass is 16.2. The molecule has 1 rings (SSSR count). The molecule has 0 aromatic carbocycles. The van der Waals surface area contributed by atoms with Crippen LogP contribution in [-0.2, 0) is 4.79 Å². The fourth-order valence-corrected chi connectivity index (χ4v) is 2.37. The molecule has 112 valence electrons. The molecule has 0 atom stereocenters. The van der Waals surface area contributed by atoms with E-state index in [2.05, 4.69) is 15.1 Å². The van der Waals surface area contributed by atoms with E-state index in [1.807, 2.05) is 13.8 Å². The molecule has 0 spiro atoms. The number of aliphatic hydroxyl groups is 1. The maximum Gasteiger partial charge on any atom is 0.234 e. The molecule has 1 aliphatic heterocycles.